The molecule has 1 amide bonds. The van der Waals surface area contributed by atoms with E-state index in [1.54, 1.807) is 12.1 Å². The summed E-state index contributed by atoms with van der Waals surface area (Å²) in [6.45, 7) is 0. The van der Waals surface area contributed by atoms with Crippen molar-refractivity contribution < 1.29 is 13.2 Å². The van der Waals surface area contributed by atoms with Crippen molar-refractivity contribution in [1.82, 2.24) is 4.72 Å². The lowest BCUT2D eigenvalue weighted by Gasteiger charge is -2.15. The monoisotopic (exact) mass is 333 g/mol. The van der Waals surface area contributed by atoms with E-state index in [-0.39, 0.29) is 35.2 Å². The first-order chi connectivity index (χ1) is 9.44. The largest absolute Gasteiger partial charge is 0.327 e. The first-order valence-corrected chi connectivity index (χ1v) is 8.02. The number of halogens is 1. The van der Waals surface area contributed by atoms with Crippen LogP contribution in [0.1, 0.15) is 19.3 Å². The molecule has 0 aromatic heterocycles. The second-order valence-corrected chi connectivity index (χ2v) is 6.81. The molecule has 0 aliphatic heterocycles. The molecule has 4 N–H and O–H groups in total. The van der Waals surface area contributed by atoms with Crippen LogP contribution in [0, 0.1) is 5.92 Å². The number of nitrogens with one attached hydrogen (secondary N) is 2. The maximum absolute atomic E-state index is 12.1. The Balaban J connectivity index is 0.00000220. The molecule has 1 aromatic rings. The van der Waals surface area contributed by atoms with Gasteiger partial charge in [-0.15, -0.1) is 12.4 Å². The number of anilines is 1. The van der Waals surface area contributed by atoms with Gasteiger partial charge in [-0.2, -0.15) is 0 Å². The lowest BCUT2D eigenvalue weighted by atomic mass is 10.0. The highest BCUT2D eigenvalue weighted by Gasteiger charge is 2.30. The Hall–Kier alpha value is -1.15. The quantitative estimate of drug-likeness (QED) is 0.767. The van der Waals surface area contributed by atoms with E-state index in [0.717, 1.165) is 19.3 Å². The van der Waals surface area contributed by atoms with Gasteiger partial charge in [0.15, 0.2) is 0 Å². The molecule has 0 heterocycles. The van der Waals surface area contributed by atoms with Gasteiger partial charge in [-0.25, -0.2) is 13.1 Å². The summed E-state index contributed by atoms with van der Waals surface area (Å²) >= 11 is 0. The predicted molar refractivity (Wildman–Crippen MR) is 83.9 cm³/mol. The van der Waals surface area contributed by atoms with E-state index in [4.69, 9.17) is 5.73 Å². The minimum atomic E-state index is -3.51. The van der Waals surface area contributed by atoms with Gasteiger partial charge < -0.3 is 11.1 Å². The van der Waals surface area contributed by atoms with Crippen LogP contribution in [0.15, 0.2) is 29.2 Å². The van der Waals surface area contributed by atoms with Gasteiger partial charge in [0.25, 0.3) is 0 Å². The molecule has 0 saturated heterocycles. The van der Waals surface area contributed by atoms with Crippen LogP contribution < -0.4 is 15.8 Å². The lowest BCUT2D eigenvalue weighted by molar-refractivity contribution is -0.120. The van der Waals surface area contributed by atoms with Crippen LogP contribution in [0.3, 0.4) is 0 Å². The lowest BCUT2D eigenvalue weighted by Crippen LogP contribution is -2.34. The highest BCUT2D eigenvalue weighted by atomic mass is 35.5. The van der Waals surface area contributed by atoms with E-state index in [1.165, 1.54) is 19.2 Å². The third kappa shape index (κ3) is 4.16. The molecule has 2 atom stereocenters. The van der Waals surface area contributed by atoms with Crippen molar-refractivity contribution in [3.63, 3.8) is 0 Å². The van der Waals surface area contributed by atoms with Crippen molar-refractivity contribution in [1.29, 1.82) is 0 Å². The van der Waals surface area contributed by atoms with Crippen molar-refractivity contribution in [2.24, 2.45) is 11.7 Å². The molecule has 1 aliphatic rings. The van der Waals surface area contributed by atoms with Crippen LogP contribution in [-0.4, -0.2) is 27.4 Å². The Kier molecular flexibility index (Phi) is 6.15. The fourth-order valence-electron chi connectivity index (χ4n) is 2.41. The van der Waals surface area contributed by atoms with Crippen molar-refractivity contribution in [3.05, 3.63) is 24.3 Å². The highest BCUT2D eigenvalue weighted by Crippen LogP contribution is 2.25. The van der Waals surface area contributed by atoms with Crippen LogP contribution in [-0.2, 0) is 14.8 Å². The molecule has 2 rings (SSSR count). The molecule has 1 fully saturated rings. The number of amides is 1. The number of nitrogens with two attached hydrogens (primary N) is 1. The van der Waals surface area contributed by atoms with E-state index >= 15 is 0 Å². The number of sulfonamides is 1. The zero-order valence-corrected chi connectivity index (χ0v) is 13.3. The topological polar surface area (TPSA) is 101 Å². The normalized spacial score (nSPS) is 21.6. The summed E-state index contributed by atoms with van der Waals surface area (Å²) in [6.07, 6.45) is 2.58. The summed E-state index contributed by atoms with van der Waals surface area (Å²) in [7, 11) is -2.17. The van der Waals surface area contributed by atoms with E-state index in [1.807, 2.05) is 0 Å². The molecule has 6 nitrogen and oxygen atoms in total. The van der Waals surface area contributed by atoms with Gasteiger partial charge in [0.1, 0.15) is 0 Å². The van der Waals surface area contributed by atoms with Crippen LogP contribution in [0.2, 0.25) is 0 Å². The number of hydrogen-bond acceptors (Lipinski definition) is 4. The molecule has 1 aromatic carbocycles. The van der Waals surface area contributed by atoms with E-state index < -0.39 is 10.0 Å². The minimum absolute atomic E-state index is 0. The van der Waals surface area contributed by atoms with Gasteiger partial charge in [-0.3, -0.25) is 4.79 Å². The van der Waals surface area contributed by atoms with E-state index in [2.05, 4.69) is 10.0 Å². The number of rotatable bonds is 4. The van der Waals surface area contributed by atoms with Gasteiger partial charge in [-0.05, 0) is 38.1 Å². The fourth-order valence-corrected chi connectivity index (χ4v) is 3.18. The van der Waals surface area contributed by atoms with E-state index in [0.29, 0.717) is 5.69 Å². The van der Waals surface area contributed by atoms with Crippen molar-refractivity contribution in [2.45, 2.75) is 30.2 Å². The summed E-state index contributed by atoms with van der Waals surface area (Å²) in [5.41, 5.74) is 6.35. The Labute approximate surface area is 130 Å². The van der Waals surface area contributed by atoms with Gasteiger partial charge in [0.2, 0.25) is 15.9 Å². The van der Waals surface area contributed by atoms with E-state index in [9.17, 15) is 13.2 Å². The Bertz CT molecular complexity index is 606. The van der Waals surface area contributed by atoms with Gasteiger partial charge >= 0.3 is 0 Å². The molecule has 0 spiro atoms. The van der Waals surface area contributed by atoms with Crippen LogP contribution in [0.25, 0.3) is 0 Å². The zero-order chi connectivity index (χ0) is 14.8. The summed E-state index contributed by atoms with van der Waals surface area (Å²) in [5.74, 6) is -0.339. The Morgan fingerprint density at radius 3 is 2.62 bits per heavy atom. The molecule has 1 saturated carbocycles. The van der Waals surface area contributed by atoms with Crippen LogP contribution in [0.5, 0.6) is 0 Å². The van der Waals surface area contributed by atoms with Gasteiger partial charge in [-0.1, -0.05) is 12.5 Å². The number of carbonyl (C=O) groups is 1. The average molecular weight is 334 g/mol. The molecule has 21 heavy (non-hydrogen) atoms. The second-order valence-electron chi connectivity index (χ2n) is 4.93. The zero-order valence-electron chi connectivity index (χ0n) is 11.7. The van der Waals surface area contributed by atoms with Crippen LogP contribution in [0.4, 0.5) is 5.69 Å². The van der Waals surface area contributed by atoms with Crippen molar-refractivity contribution in [2.75, 3.05) is 12.4 Å². The summed E-state index contributed by atoms with van der Waals surface area (Å²) in [4.78, 5) is 12.2. The van der Waals surface area contributed by atoms with Crippen LogP contribution >= 0.6 is 12.4 Å². The average Bonchev–Trinajstić information content (AvgIpc) is 2.85. The highest BCUT2D eigenvalue weighted by molar-refractivity contribution is 7.89. The number of hydrogen-bond donors (Lipinski definition) is 3. The molecule has 0 radical (unpaired) electrons. The molecule has 8 heteroatoms. The number of carbonyl (C=O) groups excluding carboxylic acids is 1. The maximum Gasteiger partial charge on any atom is 0.240 e. The first kappa shape index (κ1) is 17.9. The molecule has 118 valence electrons. The second kappa shape index (κ2) is 7.22. The molecular weight excluding hydrogens is 314 g/mol. The van der Waals surface area contributed by atoms with Gasteiger partial charge in [0.05, 0.1) is 10.8 Å². The predicted octanol–water partition coefficient (Wildman–Crippen LogP) is 1.08. The summed E-state index contributed by atoms with van der Waals surface area (Å²) in [5, 5.41) is 2.74. The minimum Gasteiger partial charge on any atom is -0.327 e. The third-order valence-electron chi connectivity index (χ3n) is 3.59. The summed E-state index contributed by atoms with van der Waals surface area (Å²) in [6, 6.07) is 6.05. The maximum atomic E-state index is 12.1. The van der Waals surface area contributed by atoms with Gasteiger partial charge in [0, 0.05) is 11.7 Å². The Morgan fingerprint density at radius 2 is 2.05 bits per heavy atom. The molecule has 2 unspecified atom stereocenters. The molecule has 0 bridgehead atoms. The molecule has 1 aliphatic carbocycles. The molecular formula is C13H20ClN3O3S. The summed E-state index contributed by atoms with van der Waals surface area (Å²) < 4.78 is 25.6. The third-order valence-corrected chi connectivity index (χ3v) is 5.00. The Morgan fingerprint density at radius 1 is 1.33 bits per heavy atom. The fraction of sp³-hybridized carbons (Fsp3) is 0.462. The SMILES string of the molecule is CNS(=O)(=O)c1cccc(NC(=O)C2CCCC2N)c1.Cl. The standard InChI is InChI=1S/C13H19N3O3S.ClH/c1-15-20(18,19)10-5-2-4-9(8-10)16-13(17)11-6-3-7-12(11)14;/h2,4-5,8,11-12,15H,3,6-7,14H2,1H3,(H,16,17);1H. The smallest absolute Gasteiger partial charge is 0.240 e. The van der Waals surface area contributed by atoms with Crippen molar-refractivity contribution in [3.8, 4) is 0 Å². The van der Waals surface area contributed by atoms with Crippen molar-refractivity contribution >= 4 is 34.0 Å². The number of benzene rings is 1. The first-order valence-electron chi connectivity index (χ1n) is 6.54.